The van der Waals surface area contributed by atoms with Crippen LogP contribution in [0.2, 0.25) is 0 Å². The molecule has 2 amide bonds. The second-order valence-corrected chi connectivity index (χ2v) is 7.92. The molecule has 2 saturated heterocycles. The molecule has 1 aromatic heterocycles. The van der Waals surface area contributed by atoms with E-state index in [0.717, 1.165) is 12.8 Å². The summed E-state index contributed by atoms with van der Waals surface area (Å²) in [5.74, 6) is -3.13. The Kier molecular flexibility index (Phi) is 3.67. The van der Waals surface area contributed by atoms with Crippen molar-refractivity contribution in [2.24, 2.45) is 18.4 Å². The Morgan fingerprint density at radius 2 is 2.08 bits per heavy atom. The SMILES string of the molecule is Cn1cccc1C(=O)N1CC(F)(F)C[C@@]2(CCN(CC3CC3)C2=O)C1. The summed E-state index contributed by atoms with van der Waals surface area (Å²) < 4.78 is 30.5. The van der Waals surface area contributed by atoms with Gasteiger partial charge in [-0.3, -0.25) is 9.59 Å². The first-order chi connectivity index (χ1) is 11.8. The van der Waals surface area contributed by atoms with Crippen molar-refractivity contribution in [2.45, 2.75) is 31.6 Å². The molecule has 0 N–H and O–H groups in total. The van der Waals surface area contributed by atoms with Gasteiger partial charge in [0.1, 0.15) is 5.69 Å². The third kappa shape index (κ3) is 2.93. The predicted octanol–water partition coefficient (Wildman–Crippen LogP) is 2.13. The number of alkyl halides is 2. The van der Waals surface area contributed by atoms with Crippen LogP contribution in [0.25, 0.3) is 0 Å². The van der Waals surface area contributed by atoms with Crippen LogP contribution >= 0.6 is 0 Å². The van der Waals surface area contributed by atoms with E-state index in [1.54, 1.807) is 34.8 Å². The highest BCUT2D eigenvalue weighted by Crippen LogP contribution is 2.46. The molecule has 3 fully saturated rings. The molecule has 0 bridgehead atoms. The van der Waals surface area contributed by atoms with Gasteiger partial charge < -0.3 is 14.4 Å². The molecule has 1 saturated carbocycles. The molecule has 7 heteroatoms. The van der Waals surface area contributed by atoms with E-state index in [4.69, 9.17) is 0 Å². The van der Waals surface area contributed by atoms with Crippen LogP contribution in [0.4, 0.5) is 8.78 Å². The minimum Gasteiger partial charge on any atom is -0.347 e. The van der Waals surface area contributed by atoms with E-state index in [2.05, 4.69) is 0 Å². The van der Waals surface area contributed by atoms with E-state index in [0.29, 0.717) is 31.1 Å². The van der Waals surface area contributed by atoms with Crippen molar-refractivity contribution < 1.29 is 18.4 Å². The maximum Gasteiger partial charge on any atom is 0.270 e. The van der Waals surface area contributed by atoms with Gasteiger partial charge in [-0.05, 0) is 37.3 Å². The van der Waals surface area contributed by atoms with Gasteiger partial charge in [0.05, 0.1) is 12.0 Å². The molecule has 136 valence electrons. The van der Waals surface area contributed by atoms with Crippen LogP contribution in [0, 0.1) is 11.3 Å². The van der Waals surface area contributed by atoms with Gasteiger partial charge in [-0.1, -0.05) is 0 Å². The molecule has 25 heavy (non-hydrogen) atoms. The molecule has 0 unspecified atom stereocenters. The molecule has 2 aliphatic heterocycles. The zero-order valence-electron chi connectivity index (χ0n) is 14.4. The lowest BCUT2D eigenvalue weighted by atomic mass is 9.77. The highest BCUT2D eigenvalue weighted by molar-refractivity contribution is 5.94. The standard InChI is InChI=1S/C18H23F2N3O2/c1-21-7-2-3-14(21)15(24)23-11-17(10-18(19,20)12-23)6-8-22(16(17)25)9-13-4-5-13/h2-3,7,13H,4-6,8-12H2,1H3/t17-/m0/s1. The molecule has 1 spiro atoms. The number of hydrogen-bond donors (Lipinski definition) is 0. The number of likely N-dealkylation sites (tertiary alicyclic amines) is 2. The van der Waals surface area contributed by atoms with Crippen molar-refractivity contribution in [1.29, 1.82) is 0 Å². The number of rotatable bonds is 3. The predicted molar refractivity (Wildman–Crippen MR) is 87.2 cm³/mol. The Hall–Kier alpha value is -1.92. The first kappa shape index (κ1) is 16.5. The quantitative estimate of drug-likeness (QED) is 0.838. The van der Waals surface area contributed by atoms with Crippen molar-refractivity contribution in [1.82, 2.24) is 14.4 Å². The zero-order chi connectivity index (χ0) is 17.8. The minimum absolute atomic E-state index is 0.0899. The molecule has 3 heterocycles. The highest BCUT2D eigenvalue weighted by Gasteiger charge is 2.58. The largest absolute Gasteiger partial charge is 0.347 e. The molecule has 4 rings (SSSR count). The molecule has 0 radical (unpaired) electrons. The van der Waals surface area contributed by atoms with E-state index in [1.165, 1.54) is 4.90 Å². The lowest BCUT2D eigenvalue weighted by molar-refractivity contribution is -0.151. The van der Waals surface area contributed by atoms with Crippen LogP contribution in [0.5, 0.6) is 0 Å². The van der Waals surface area contributed by atoms with E-state index < -0.39 is 30.2 Å². The van der Waals surface area contributed by atoms with E-state index in [9.17, 15) is 18.4 Å². The monoisotopic (exact) mass is 351 g/mol. The third-order valence-electron chi connectivity index (χ3n) is 5.74. The number of hydrogen-bond acceptors (Lipinski definition) is 2. The summed E-state index contributed by atoms with van der Waals surface area (Å²) in [6.45, 7) is 0.677. The van der Waals surface area contributed by atoms with Crippen LogP contribution in [0.15, 0.2) is 18.3 Å². The number of nitrogens with zero attached hydrogens (tertiary/aromatic N) is 3. The lowest BCUT2D eigenvalue weighted by Gasteiger charge is -2.42. The van der Waals surface area contributed by atoms with Crippen molar-refractivity contribution >= 4 is 11.8 Å². The summed E-state index contributed by atoms with van der Waals surface area (Å²) in [7, 11) is 1.71. The summed E-state index contributed by atoms with van der Waals surface area (Å²) in [4.78, 5) is 28.6. The molecular weight excluding hydrogens is 328 g/mol. The number of carbonyl (C=O) groups excluding carboxylic acids is 2. The summed E-state index contributed by atoms with van der Waals surface area (Å²) in [6, 6.07) is 3.33. The average Bonchev–Trinajstić information content (AvgIpc) is 3.20. The number of halogens is 2. The van der Waals surface area contributed by atoms with Crippen molar-refractivity contribution in [2.75, 3.05) is 26.2 Å². The van der Waals surface area contributed by atoms with E-state index in [1.807, 2.05) is 0 Å². The maximum atomic E-state index is 14.5. The number of aryl methyl sites for hydroxylation is 1. The number of aromatic nitrogens is 1. The van der Waals surface area contributed by atoms with Crippen molar-refractivity contribution in [3.63, 3.8) is 0 Å². The molecule has 1 aromatic rings. The van der Waals surface area contributed by atoms with Gasteiger partial charge in [0.2, 0.25) is 5.91 Å². The van der Waals surface area contributed by atoms with Crippen molar-refractivity contribution in [3.05, 3.63) is 24.0 Å². The zero-order valence-corrected chi connectivity index (χ0v) is 14.4. The summed E-state index contributed by atoms with van der Waals surface area (Å²) >= 11 is 0. The van der Waals surface area contributed by atoms with Gasteiger partial charge in [-0.2, -0.15) is 0 Å². The van der Waals surface area contributed by atoms with E-state index >= 15 is 0 Å². The first-order valence-corrected chi connectivity index (χ1v) is 8.88. The Bertz CT molecular complexity index is 713. The molecule has 3 aliphatic rings. The fourth-order valence-corrected chi connectivity index (χ4v) is 4.29. The Morgan fingerprint density at radius 1 is 1.32 bits per heavy atom. The topological polar surface area (TPSA) is 45.6 Å². The van der Waals surface area contributed by atoms with Gasteiger partial charge in [0, 0.05) is 39.3 Å². The van der Waals surface area contributed by atoms with Crippen LogP contribution < -0.4 is 0 Å². The fourth-order valence-electron chi connectivity index (χ4n) is 4.29. The van der Waals surface area contributed by atoms with E-state index in [-0.39, 0.29) is 12.5 Å². The third-order valence-corrected chi connectivity index (χ3v) is 5.74. The van der Waals surface area contributed by atoms with Crippen molar-refractivity contribution in [3.8, 4) is 0 Å². The van der Waals surface area contributed by atoms with Gasteiger partial charge in [0.15, 0.2) is 0 Å². The number of piperidine rings is 1. The maximum absolute atomic E-state index is 14.5. The second-order valence-electron chi connectivity index (χ2n) is 7.92. The Balaban J connectivity index is 1.58. The average molecular weight is 351 g/mol. The summed E-state index contributed by atoms with van der Waals surface area (Å²) in [5, 5.41) is 0. The summed E-state index contributed by atoms with van der Waals surface area (Å²) in [6.07, 6.45) is 3.90. The van der Waals surface area contributed by atoms with Crippen LogP contribution in [-0.4, -0.2) is 58.3 Å². The van der Waals surface area contributed by atoms with Crippen LogP contribution in [0.3, 0.4) is 0 Å². The van der Waals surface area contributed by atoms with Crippen LogP contribution in [0.1, 0.15) is 36.2 Å². The van der Waals surface area contributed by atoms with Gasteiger partial charge in [-0.25, -0.2) is 8.78 Å². The van der Waals surface area contributed by atoms with Gasteiger partial charge in [0.25, 0.3) is 11.8 Å². The first-order valence-electron chi connectivity index (χ1n) is 8.88. The van der Waals surface area contributed by atoms with Gasteiger partial charge in [-0.15, -0.1) is 0 Å². The fraction of sp³-hybridized carbons (Fsp3) is 0.667. The smallest absolute Gasteiger partial charge is 0.270 e. The lowest BCUT2D eigenvalue weighted by Crippen LogP contribution is -2.57. The molecule has 1 aliphatic carbocycles. The van der Waals surface area contributed by atoms with Crippen LogP contribution in [-0.2, 0) is 11.8 Å². The Morgan fingerprint density at radius 3 is 2.72 bits per heavy atom. The molecule has 1 atom stereocenters. The highest BCUT2D eigenvalue weighted by atomic mass is 19.3. The number of amides is 2. The normalized spacial score (nSPS) is 28.8. The Labute approximate surface area is 145 Å². The molecular formula is C18H23F2N3O2. The second kappa shape index (κ2) is 5.54. The minimum atomic E-state index is -3.04. The number of carbonyl (C=O) groups is 2. The molecule has 5 nitrogen and oxygen atoms in total. The summed E-state index contributed by atoms with van der Waals surface area (Å²) in [5.41, 5.74) is -0.759. The van der Waals surface area contributed by atoms with Gasteiger partial charge >= 0.3 is 0 Å². The molecule has 0 aromatic carbocycles.